The Morgan fingerprint density at radius 1 is 1.22 bits per heavy atom. The van der Waals surface area contributed by atoms with Crippen LogP contribution in [0.2, 0.25) is 0 Å². The van der Waals surface area contributed by atoms with Crippen LogP contribution < -0.4 is 0 Å². The van der Waals surface area contributed by atoms with Gasteiger partial charge in [0.05, 0.1) is 6.42 Å². The average molecular weight is 251 g/mol. The van der Waals surface area contributed by atoms with Crippen molar-refractivity contribution in [3.63, 3.8) is 0 Å². The number of hydroxylamine groups is 2. The highest BCUT2D eigenvalue weighted by Crippen LogP contribution is 2.14. The molecule has 0 N–H and O–H groups in total. The molecule has 1 aliphatic heterocycles. The molecule has 1 saturated heterocycles. The van der Waals surface area contributed by atoms with Gasteiger partial charge in [0, 0.05) is 12.8 Å². The molecular formula is C12H10FNO4. The normalized spacial score (nSPS) is 15.1. The first kappa shape index (κ1) is 12.2. The van der Waals surface area contributed by atoms with Gasteiger partial charge in [-0.3, -0.25) is 9.59 Å². The summed E-state index contributed by atoms with van der Waals surface area (Å²) in [7, 11) is 0. The Labute approximate surface area is 102 Å². The molecule has 18 heavy (non-hydrogen) atoms. The van der Waals surface area contributed by atoms with E-state index in [-0.39, 0.29) is 24.8 Å². The lowest BCUT2D eigenvalue weighted by molar-refractivity contribution is -0.197. The maximum atomic E-state index is 13.3. The van der Waals surface area contributed by atoms with Crippen molar-refractivity contribution >= 4 is 17.8 Å². The third-order valence-corrected chi connectivity index (χ3v) is 2.49. The second-order valence-corrected chi connectivity index (χ2v) is 3.81. The number of nitrogens with zero attached hydrogens (tertiary/aromatic N) is 1. The van der Waals surface area contributed by atoms with Crippen LogP contribution in [0.25, 0.3) is 0 Å². The summed E-state index contributed by atoms with van der Waals surface area (Å²) >= 11 is 0. The number of carbonyl (C=O) groups is 3. The van der Waals surface area contributed by atoms with Crippen LogP contribution in [-0.2, 0) is 25.6 Å². The zero-order valence-corrected chi connectivity index (χ0v) is 9.39. The monoisotopic (exact) mass is 251 g/mol. The van der Waals surface area contributed by atoms with Crippen LogP contribution in [0, 0.1) is 5.82 Å². The lowest BCUT2D eigenvalue weighted by Crippen LogP contribution is -2.32. The first-order valence-corrected chi connectivity index (χ1v) is 5.38. The molecule has 2 rings (SSSR count). The van der Waals surface area contributed by atoms with Crippen molar-refractivity contribution in [1.29, 1.82) is 0 Å². The van der Waals surface area contributed by atoms with Gasteiger partial charge in [-0.25, -0.2) is 9.18 Å². The van der Waals surface area contributed by atoms with Crippen molar-refractivity contribution in [2.24, 2.45) is 0 Å². The summed E-state index contributed by atoms with van der Waals surface area (Å²) in [6.07, 6.45) is -0.263. The first-order chi connectivity index (χ1) is 8.58. The van der Waals surface area contributed by atoms with Crippen molar-refractivity contribution in [2.75, 3.05) is 0 Å². The van der Waals surface area contributed by atoms with E-state index in [1.54, 1.807) is 6.07 Å². The molecule has 1 fully saturated rings. The Balaban J connectivity index is 1.99. The molecule has 0 saturated carbocycles. The minimum absolute atomic E-state index is 0.0335. The van der Waals surface area contributed by atoms with E-state index in [0.717, 1.165) is 0 Å². The molecule has 6 heteroatoms. The fourth-order valence-corrected chi connectivity index (χ4v) is 1.59. The van der Waals surface area contributed by atoms with Crippen molar-refractivity contribution in [1.82, 2.24) is 5.06 Å². The summed E-state index contributed by atoms with van der Waals surface area (Å²) in [5.74, 6) is -2.49. The summed E-state index contributed by atoms with van der Waals surface area (Å²) < 4.78 is 13.3. The molecule has 0 spiro atoms. The van der Waals surface area contributed by atoms with Crippen LogP contribution in [0.4, 0.5) is 4.39 Å². The van der Waals surface area contributed by atoms with E-state index in [1.807, 2.05) is 0 Å². The highest BCUT2D eigenvalue weighted by molar-refractivity contribution is 6.01. The molecule has 0 atom stereocenters. The number of halogens is 1. The molecule has 0 aromatic heterocycles. The van der Waals surface area contributed by atoms with Gasteiger partial charge in [0.2, 0.25) is 0 Å². The highest BCUT2D eigenvalue weighted by atomic mass is 19.1. The quantitative estimate of drug-likeness (QED) is 0.751. The highest BCUT2D eigenvalue weighted by Gasteiger charge is 2.32. The number of amides is 2. The molecule has 0 radical (unpaired) electrons. The van der Waals surface area contributed by atoms with E-state index in [2.05, 4.69) is 4.84 Å². The lowest BCUT2D eigenvalue weighted by Gasteiger charge is -2.12. The van der Waals surface area contributed by atoms with Gasteiger partial charge in [-0.15, -0.1) is 5.06 Å². The Hall–Kier alpha value is -2.24. The Kier molecular flexibility index (Phi) is 3.36. The lowest BCUT2D eigenvalue weighted by atomic mass is 10.1. The summed E-state index contributed by atoms with van der Waals surface area (Å²) in [5.41, 5.74) is 0.154. The molecule has 0 bridgehead atoms. The van der Waals surface area contributed by atoms with Crippen LogP contribution in [0.1, 0.15) is 18.4 Å². The van der Waals surface area contributed by atoms with Crippen molar-refractivity contribution < 1.29 is 23.6 Å². The van der Waals surface area contributed by atoms with Crippen molar-refractivity contribution in [3.8, 4) is 0 Å². The number of carbonyl (C=O) groups excluding carboxylic acids is 3. The van der Waals surface area contributed by atoms with Crippen LogP contribution in [0.3, 0.4) is 0 Å². The van der Waals surface area contributed by atoms with Gasteiger partial charge < -0.3 is 4.84 Å². The molecule has 5 nitrogen and oxygen atoms in total. The standard InChI is InChI=1S/C12H10FNO4/c13-9-4-2-1-3-8(9)7-12(17)18-14-10(15)5-6-11(14)16/h1-4H,5-7H2. The van der Waals surface area contributed by atoms with Crippen molar-refractivity contribution in [2.45, 2.75) is 19.3 Å². The van der Waals surface area contributed by atoms with Gasteiger partial charge in [-0.1, -0.05) is 18.2 Å². The molecule has 1 aliphatic rings. The van der Waals surface area contributed by atoms with Crippen LogP contribution >= 0.6 is 0 Å². The maximum absolute atomic E-state index is 13.3. The Bertz CT molecular complexity index is 499. The second kappa shape index (κ2) is 4.95. The van der Waals surface area contributed by atoms with Gasteiger partial charge in [0.15, 0.2) is 0 Å². The number of hydrogen-bond acceptors (Lipinski definition) is 4. The minimum atomic E-state index is -0.844. The molecule has 0 aliphatic carbocycles. The van der Waals surface area contributed by atoms with Crippen molar-refractivity contribution in [3.05, 3.63) is 35.6 Å². The maximum Gasteiger partial charge on any atom is 0.337 e. The predicted molar refractivity (Wildman–Crippen MR) is 57.3 cm³/mol. The largest absolute Gasteiger partial charge is 0.337 e. The smallest absolute Gasteiger partial charge is 0.330 e. The molecule has 0 unspecified atom stereocenters. The molecule has 1 aromatic carbocycles. The molecule has 1 heterocycles. The minimum Gasteiger partial charge on any atom is -0.330 e. The van der Waals surface area contributed by atoms with Gasteiger partial charge in [0.25, 0.3) is 11.8 Å². The third-order valence-electron chi connectivity index (χ3n) is 2.49. The first-order valence-electron chi connectivity index (χ1n) is 5.38. The number of hydrogen-bond donors (Lipinski definition) is 0. The SMILES string of the molecule is O=C(Cc1ccccc1F)ON1C(=O)CCC1=O. The summed E-state index contributed by atoms with van der Waals surface area (Å²) in [5, 5.41) is 0.448. The molecule has 1 aromatic rings. The van der Waals surface area contributed by atoms with E-state index in [1.165, 1.54) is 18.2 Å². The van der Waals surface area contributed by atoms with E-state index in [0.29, 0.717) is 5.06 Å². The van der Waals surface area contributed by atoms with E-state index in [4.69, 9.17) is 0 Å². The Morgan fingerprint density at radius 2 is 1.83 bits per heavy atom. The average Bonchev–Trinajstić information content (AvgIpc) is 2.64. The number of imide groups is 1. The Morgan fingerprint density at radius 3 is 2.44 bits per heavy atom. The van der Waals surface area contributed by atoms with E-state index in [9.17, 15) is 18.8 Å². The van der Waals surface area contributed by atoms with Gasteiger partial charge in [-0.05, 0) is 11.6 Å². The van der Waals surface area contributed by atoms with E-state index >= 15 is 0 Å². The fraction of sp³-hybridized carbons (Fsp3) is 0.250. The zero-order valence-electron chi connectivity index (χ0n) is 9.39. The summed E-state index contributed by atoms with van der Waals surface area (Å²) in [4.78, 5) is 38.5. The summed E-state index contributed by atoms with van der Waals surface area (Å²) in [6, 6.07) is 5.73. The van der Waals surface area contributed by atoms with Crippen LogP contribution in [0.15, 0.2) is 24.3 Å². The topological polar surface area (TPSA) is 63.7 Å². The fourth-order valence-electron chi connectivity index (χ4n) is 1.59. The second-order valence-electron chi connectivity index (χ2n) is 3.81. The molecule has 94 valence electrons. The summed E-state index contributed by atoms with van der Waals surface area (Å²) in [6.45, 7) is 0. The zero-order chi connectivity index (χ0) is 13.1. The van der Waals surface area contributed by atoms with Crippen LogP contribution in [-0.4, -0.2) is 22.8 Å². The van der Waals surface area contributed by atoms with Gasteiger partial charge >= 0.3 is 5.97 Å². The van der Waals surface area contributed by atoms with Gasteiger partial charge in [-0.2, -0.15) is 0 Å². The van der Waals surface area contributed by atoms with E-state index < -0.39 is 23.6 Å². The number of rotatable bonds is 3. The van der Waals surface area contributed by atoms with Gasteiger partial charge in [0.1, 0.15) is 5.82 Å². The number of benzene rings is 1. The third kappa shape index (κ3) is 2.53. The predicted octanol–water partition coefficient (Wildman–Crippen LogP) is 0.975. The molecular weight excluding hydrogens is 241 g/mol. The van der Waals surface area contributed by atoms with Crippen LogP contribution in [0.5, 0.6) is 0 Å². The molecule has 2 amide bonds.